The summed E-state index contributed by atoms with van der Waals surface area (Å²) in [5.41, 5.74) is 3.73. The van der Waals surface area contributed by atoms with Crippen LogP contribution in [-0.2, 0) is 13.0 Å². The Hall–Kier alpha value is -1.75. The molecule has 0 aliphatic carbocycles. The number of hydrogen-bond acceptors (Lipinski definition) is 3. The van der Waals surface area contributed by atoms with Gasteiger partial charge in [-0.3, -0.25) is 0 Å². The third kappa shape index (κ3) is 2.45. The summed E-state index contributed by atoms with van der Waals surface area (Å²) in [6, 6.07) is 6.37. The summed E-state index contributed by atoms with van der Waals surface area (Å²) < 4.78 is 0. The summed E-state index contributed by atoms with van der Waals surface area (Å²) in [5, 5.41) is 9.21. The van der Waals surface area contributed by atoms with Crippen LogP contribution in [0.1, 0.15) is 11.1 Å². The van der Waals surface area contributed by atoms with Crippen molar-refractivity contribution < 1.29 is 9.90 Å². The van der Waals surface area contributed by atoms with Gasteiger partial charge in [0.1, 0.15) is 0 Å². The molecule has 108 valence electrons. The molecule has 0 bridgehead atoms. The van der Waals surface area contributed by atoms with Gasteiger partial charge in [-0.05, 0) is 30.7 Å². The fourth-order valence-electron chi connectivity index (χ4n) is 3.07. The van der Waals surface area contributed by atoms with Crippen molar-refractivity contribution >= 4 is 11.8 Å². The van der Waals surface area contributed by atoms with Crippen LogP contribution in [0.4, 0.5) is 10.5 Å². The Morgan fingerprint density at radius 3 is 2.60 bits per heavy atom. The van der Waals surface area contributed by atoms with E-state index in [2.05, 4.69) is 35.0 Å². The number of rotatable bonds is 1. The highest BCUT2D eigenvalue weighted by atomic mass is 16.4. The van der Waals surface area contributed by atoms with Crippen molar-refractivity contribution in [3.05, 3.63) is 29.3 Å². The zero-order chi connectivity index (χ0) is 14.1. The lowest BCUT2D eigenvalue weighted by Gasteiger charge is -2.37. The largest absolute Gasteiger partial charge is 0.465 e. The second-order valence-corrected chi connectivity index (χ2v) is 5.66. The summed E-state index contributed by atoms with van der Waals surface area (Å²) >= 11 is 0. The molecule has 0 radical (unpaired) electrons. The molecule has 2 aliphatic heterocycles. The number of piperazine rings is 1. The molecule has 0 atom stereocenters. The van der Waals surface area contributed by atoms with E-state index in [0.717, 1.165) is 32.6 Å². The first-order valence-electron chi connectivity index (χ1n) is 7.17. The molecule has 1 saturated heterocycles. The maximum absolute atomic E-state index is 11.2. The van der Waals surface area contributed by atoms with E-state index in [9.17, 15) is 9.90 Å². The Bertz CT molecular complexity index is 510. The van der Waals surface area contributed by atoms with Crippen LogP contribution in [0.15, 0.2) is 18.2 Å². The second-order valence-electron chi connectivity index (χ2n) is 5.66. The fourth-order valence-corrected chi connectivity index (χ4v) is 3.07. The van der Waals surface area contributed by atoms with Crippen LogP contribution in [0.3, 0.4) is 0 Å². The predicted molar refractivity (Wildman–Crippen MR) is 78.3 cm³/mol. The topological polar surface area (TPSA) is 47.0 Å². The van der Waals surface area contributed by atoms with Gasteiger partial charge in [0, 0.05) is 38.4 Å². The number of carbonyl (C=O) groups is 1. The van der Waals surface area contributed by atoms with Gasteiger partial charge in [0.25, 0.3) is 0 Å². The molecule has 0 aromatic heterocycles. The molecule has 20 heavy (non-hydrogen) atoms. The number of amides is 1. The quantitative estimate of drug-likeness (QED) is 0.843. The van der Waals surface area contributed by atoms with Crippen LogP contribution in [0.25, 0.3) is 0 Å². The maximum atomic E-state index is 11.2. The highest BCUT2D eigenvalue weighted by Crippen LogP contribution is 2.29. The molecule has 1 aromatic rings. The Balaban J connectivity index is 1.87. The predicted octanol–water partition coefficient (Wildman–Crippen LogP) is 1.47. The van der Waals surface area contributed by atoms with Crippen LogP contribution in [0.2, 0.25) is 0 Å². The summed E-state index contributed by atoms with van der Waals surface area (Å²) in [6.07, 6.45) is 0.00674. The van der Waals surface area contributed by atoms with E-state index in [-0.39, 0.29) is 0 Å². The van der Waals surface area contributed by atoms with E-state index in [1.54, 1.807) is 0 Å². The van der Waals surface area contributed by atoms with Crippen LogP contribution < -0.4 is 4.90 Å². The standard InChI is InChI=1S/C15H21N3O2/c1-16-7-9-17(10-8-16)14-4-2-3-12-5-6-18(15(19)20)11-13(12)14/h2-4H,5-11H2,1H3,(H,19,20). The van der Waals surface area contributed by atoms with Crippen molar-refractivity contribution in [2.45, 2.75) is 13.0 Å². The summed E-state index contributed by atoms with van der Waals surface area (Å²) in [6.45, 7) is 5.28. The molecule has 5 heteroatoms. The second kappa shape index (κ2) is 5.32. The van der Waals surface area contributed by atoms with Crippen molar-refractivity contribution in [2.75, 3.05) is 44.7 Å². The molecule has 1 amide bonds. The van der Waals surface area contributed by atoms with Gasteiger partial charge in [-0.2, -0.15) is 0 Å². The van der Waals surface area contributed by atoms with Gasteiger partial charge in [-0.25, -0.2) is 4.79 Å². The zero-order valence-electron chi connectivity index (χ0n) is 11.9. The van der Waals surface area contributed by atoms with Gasteiger partial charge in [0.2, 0.25) is 0 Å². The number of likely N-dealkylation sites (N-methyl/N-ethyl adjacent to an activating group) is 1. The molecule has 0 unspecified atom stereocenters. The van der Waals surface area contributed by atoms with Gasteiger partial charge < -0.3 is 19.8 Å². The molecule has 1 fully saturated rings. The summed E-state index contributed by atoms with van der Waals surface area (Å²) in [4.78, 5) is 17.4. The van der Waals surface area contributed by atoms with Gasteiger partial charge >= 0.3 is 6.09 Å². The monoisotopic (exact) mass is 275 g/mol. The molecule has 2 heterocycles. The smallest absolute Gasteiger partial charge is 0.407 e. The molecule has 1 N–H and O–H groups in total. The van der Waals surface area contributed by atoms with Crippen LogP contribution >= 0.6 is 0 Å². The first-order chi connectivity index (χ1) is 9.65. The molecular weight excluding hydrogens is 254 g/mol. The Labute approximate surface area is 119 Å². The first kappa shape index (κ1) is 13.2. The SMILES string of the molecule is CN1CCN(c2cccc3c2CN(C(=O)O)CC3)CC1. The first-order valence-corrected chi connectivity index (χ1v) is 7.17. The number of carboxylic acid groups (broad SMARTS) is 1. The van der Waals surface area contributed by atoms with Crippen LogP contribution in [0.5, 0.6) is 0 Å². The number of benzene rings is 1. The minimum absolute atomic E-state index is 0.521. The van der Waals surface area contributed by atoms with Crippen LogP contribution in [0, 0.1) is 0 Å². The third-order valence-corrected chi connectivity index (χ3v) is 4.36. The van der Waals surface area contributed by atoms with E-state index in [1.807, 2.05) is 0 Å². The summed E-state index contributed by atoms with van der Waals surface area (Å²) in [7, 11) is 2.14. The van der Waals surface area contributed by atoms with E-state index in [0.29, 0.717) is 13.1 Å². The van der Waals surface area contributed by atoms with Crippen molar-refractivity contribution in [1.82, 2.24) is 9.80 Å². The maximum Gasteiger partial charge on any atom is 0.407 e. The van der Waals surface area contributed by atoms with Crippen molar-refractivity contribution in [3.8, 4) is 0 Å². The molecule has 2 aliphatic rings. The minimum Gasteiger partial charge on any atom is -0.465 e. The normalized spacial score (nSPS) is 19.9. The average Bonchev–Trinajstić information content (AvgIpc) is 2.47. The number of anilines is 1. The van der Waals surface area contributed by atoms with E-state index in [1.165, 1.54) is 21.7 Å². The Morgan fingerprint density at radius 2 is 1.90 bits per heavy atom. The molecule has 1 aromatic carbocycles. The average molecular weight is 275 g/mol. The lowest BCUT2D eigenvalue weighted by molar-refractivity contribution is 0.140. The zero-order valence-corrected chi connectivity index (χ0v) is 11.9. The van der Waals surface area contributed by atoms with Gasteiger partial charge in [0.05, 0.1) is 6.54 Å². The fraction of sp³-hybridized carbons (Fsp3) is 0.533. The number of hydrogen-bond donors (Lipinski definition) is 1. The Kier molecular flexibility index (Phi) is 3.53. The molecule has 0 spiro atoms. The molecule has 5 nitrogen and oxygen atoms in total. The lowest BCUT2D eigenvalue weighted by atomic mass is 9.97. The third-order valence-electron chi connectivity index (χ3n) is 4.36. The minimum atomic E-state index is -0.816. The van der Waals surface area contributed by atoms with Crippen molar-refractivity contribution in [1.29, 1.82) is 0 Å². The molecular formula is C15H21N3O2. The number of nitrogens with zero attached hydrogens (tertiary/aromatic N) is 3. The van der Waals surface area contributed by atoms with E-state index < -0.39 is 6.09 Å². The molecule has 0 saturated carbocycles. The summed E-state index contributed by atoms with van der Waals surface area (Å²) in [5.74, 6) is 0. The highest BCUT2D eigenvalue weighted by molar-refractivity contribution is 5.67. The van der Waals surface area contributed by atoms with E-state index in [4.69, 9.17) is 0 Å². The van der Waals surface area contributed by atoms with Gasteiger partial charge in [-0.15, -0.1) is 0 Å². The van der Waals surface area contributed by atoms with Crippen molar-refractivity contribution in [2.24, 2.45) is 0 Å². The highest BCUT2D eigenvalue weighted by Gasteiger charge is 2.25. The van der Waals surface area contributed by atoms with Crippen LogP contribution in [-0.4, -0.2) is 60.8 Å². The number of fused-ring (bicyclic) bond motifs is 1. The lowest BCUT2D eigenvalue weighted by Crippen LogP contribution is -2.45. The molecule has 3 rings (SSSR count). The van der Waals surface area contributed by atoms with Crippen molar-refractivity contribution in [3.63, 3.8) is 0 Å². The van der Waals surface area contributed by atoms with Gasteiger partial charge in [-0.1, -0.05) is 12.1 Å². The van der Waals surface area contributed by atoms with Gasteiger partial charge in [0.15, 0.2) is 0 Å². The Morgan fingerprint density at radius 1 is 1.15 bits per heavy atom. The van der Waals surface area contributed by atoms with E-state index >= 15 is 0 Å².